The summed E-state index contributed by atoms with van der Waals surface area (Å²) in [6.07, 6.45) is 3.18. The predicted octanol–water partition coefficient (Wildman–Crippen LogP) is 1.71. The molecule has 1 aliphatic heterocycles. The Hall–Kier alpha value is -1.64. The number of hydrogen-bond acceptors (Lipinski definition) is 2. The van der Waals surface area contributed by atoms with Crippen LogP contribution in [-0.2, 0) is 17.6 Å². The molecule has 1 aromatic rings. The molecular formula is C14H16N2O. The van der Waals surface area contributed by atoms with Gasteiger partial charge in [0, 0.05) is 5.92 Å². The third-order valence-electron chi connectivity index (χ3n) is 3.70. The largest absolute Gasteiger partial charge is 0.312 e. The van der Waals surface area contributed by atoms with Gasteiger partial charge in [-0.1, -0.05) is 24.3 Å². The molecule has 1 aliphatic carbocycles. The number of hydrogen-bond donors (Lipinski definition) is 1. The number of amidine groups is 1. The van der Waals surface area contributed by atoms with Crippen LogP contribution in [0, 0.1) is 5.92 Å². The third-order valence-corrected chi connectivity index (χ3v) is 3.70. The standard InChI is InChI=1S/C14H16N2O/c1-9-14(17)16-13(15-9)12-7-6-10-4-2-3-5-11(10)8-12/h2-5,9,12H,6-8H2,1H3,(H,15,16,17). The van der Waals surface area contributed by atoms with Crippen LogP contribution in [0.25, 0.3) is 0 Å². The van der Waals surface area contributed by atoms with Crippen LogP contribution in [0.2, 0.25) is 0 Å². The Bertz CT molecular complexity index is 493. The molecule has 0 saturated carbocycles. The minimum atomic E-state index is -0.206. The number of fused-ring (bicyclic) bond motifs is 1. The quantitative estimate of drug-likeness (QED) is 0.781. The van der Waals surface area contributed by atoms with Crippen LogP contribution in [0.1, 0.15) is 24.5 Å². The molecule has 1 N–H and O–H groups in total. The van der Waals surface area contributed by atoms with E-state index in [1.807, 2.05) is 6.92 Å². The maximum absolute atomic E-state index is 11.4. The summed E-state index contributed by atoms with van der Waals surface area (Å²) in [7, 11) is 0. The molecule has 3 nitrogen and oxygen atoms in total. The maximum Gasteiger partial charge on any atom is 0.249 e. The Kier molecular flexibility index (Phi) is 2.46. The van der Waals surface area contributed by atoms with Crippen LogP contribution in [0.15, 0.2) is 29.3 Å². The normalized spacial score (nSPS) is 27.4. The molecule has 3 heteroatoms. The van der Waals surface area contributed by atoms with Crippen LogP contribution in [-0.4, -0.2) is 17.8 Å². The summed E-state index contributed by atoms with van der Waals surface area (Å²) >= 11 is 0. The summed E-state index contributed by atoms with van der Waals surface area (Å²) < 4.78 is 0. The Labute approximate surface area is 101 Å². The van der Waals surface area contributed by atoms with Crippen LogP contribution in [0.5, 0.6) is 0 Å². The van der Waals surface area contributed by atoms with Gasteiger partial charge in [-0.3, -0.25) is 9.79 Å². The van der Waals surface area contributed by atoms with Crippen molar-refractivity contribution in [2.45, 2.75) is 32.2 Å². The number of benzene rings is 1. The van der Waals surface area contributed by atoms with E-state index in [1.54, 1.807) is 0 Å². The monoisotopic (exact) mass is 228 g/mol. The molecule has 88 valence electrons. The van der Waals surface area contributed by atoms with Crippen molar-refractivity contribution in [2.24, 2.45) is 10.9 Å². The molecule has 1 heterocycles. The molecule has 1 amide bonds. The van der Waals surface area contributed by atoms with Crippen LogP contribution in [0.3, 0.4) is 0 Å². The number of aryl methyl sites for hydroxylation is 1. The summed E-state index contributed by atoms with van der Waals surface area (Å²) in [5.74, 6) is 1.33. The number of nitrogens with one attached hydrogen (secondary N) is 1. The number of nitrogens with zero attached hydrogens (tertiary/aromatic N) is 1. The van der Waals surface area contributed by atoms with E-state index in [4.69, 9.17) is 0 Å². The zero-order valence-electron chi connectivity index (χ0n) is 9.94. The fraction of sp³-hybridized carbons (Fsp3) is 0.429. The summed E-state index contributed by atoms with van der Waals surface area (Å²) in [6, 6.07) is 8.35. The summed E-state index contributed by atoms with van der Waals surface area (Å²) in [6.45, 7) is 1.85. The molecule has 0 radical (unpaired) electrons. The van der Waals surface area contributed by atoms with Crippen molar-refractivity contribution in [3.8, 4) is 0 Å². The van der Waals surface area contributed by atoms with Gasteiger partial charge in [0.15, 0.2) is 0 Å². The molecule has 1 aromatic carbocycles. The third kappa shape index (κ3) is 1.86. The lowest BCUT2D eigenvalue weighted by Crippen LogP contribution is -2.34. The molecule has 0 aromatic heterocycles. The van der Waals surface area contributed by atoms with Crippen LogP contribution < -0.4 is 5.32 Å². The van der Waals surface area contributed by atoms with Crippen molar-refractivity contribution in [1.29, 1.82) is 0 Å². The maximum atomic E-state index is 11.4. The van der Waals surface area contributed by atoms with Gasteiger partial charge in [0.25, 0.3) is 0 Å². The van der Waals surface area contributed by atoms with E-state index < -0.39 is 0 Å². The summed E-state index contributed by atoms with van der Waals surface area (Å²) in [5, 5.41) is 2.92. The Morgan fingerprint density at radius 3 is 2.76 bits per heavy atom. The van der Waals surface area contributed by atoms with E-state index in [0.717, 1.165) is 25.1 Å². The fourth-order valence-corrected chi connectivity index (χ4v) is 2.67. The lowest BCUT2D eigenvalue weighted by molar-refractivity contribution is -0.119. The highest BCUT2D eigenvalue weighted by Gasteiger charge is 2.29. The van der Waals surface area contributed by atoms with Gasteiger partial charge in [-0.15, -0.1) is 0 Å². The van der Waals surface area contributed by atoms with Gasteiger partial charge in [0.05, 0.1) is 0 Å². The smallest absolute Gasteiger partial charge is 0.249 e. The van der Waals surface area contributed by atoms with E-state index >= 15 is 0 Å². The average Bonchev–Trinajstić information content (AvgIpc) is 2.69. The lowest BCUT2D eigenvalue weighted by Gasteiger charge is -2.24. The molecule has 2 aliphatic rings. The van der Waals surface area contributed by atoms with Gasteiger partial charge in [0.1, 0.15) is 11.9 Å². The average molecular weight is 228 g/mol. The van der Waals surface area contributed by atoms with E-state index in [9.17, 15) is 4.79 Å². The molecule has 3 rings (SSSR count). The fourth-order valence-electron chi connectivity index (χ4n) is 2.67. The second-order valence-corrected chi connectivity index (χ2v) is 4.89. The molecule has 17 heavy (non-hydrogen) atoms. The SMILES string of the molecule is CC1N=C(C2CCc3ccccc3C2)NC1=O. The zero-order valence-corrected chi connectivity index (χ0v) is 9.94. The van der Waals surface area contributed by atoms with Gasteiger partial charge >= 0.3 is 0 Å². The van der Waals surface area contributed by atoms with Crippen molar-refractivity contribution in [3.63, 3.8) is 0 Å². The van der Waals surface area contributed by atoms with E-state index in [0.29, 0.717) is 5.92 Å². The summed E-state index contributed by atoms with van der Waals surface area (Å²) in [5.41, 5.74) is 2.85. The molecule has 0 fully saturated rings. The second kappa shape index (κ2) is 3.99. The van der Waals surface area contributed by atoms with Crippen LogP contribution in [0.4, 0.5) is 0 Å². The Morgan fingerprint density at radius 2 is 2.06 bits per heavy atom. The van der Waals surface area contributed by atoms with Crippen molar-refractivity contribution < 1.29 is 4.79 Å². The molecule has 2 atom stereocenters. The summed E-state index contributed by atoms with van der Waals surface area (Å²) in [4.78, 5) is 15.9. The minimum absolute atomic E-state index is 0.0406. The molecular weight excluding hydrogens is 212 g/mol. The number of carbonyl (C=O) groups is 1. The zero-order chi connectivity index (χ0) is 11.8. The molecule has 0 saturated heterocycles. The highest BCUT2D eigenvalue weighted by molar-refractivity contribution is 6.06. The molecule has 2 unspecified atom stereocenters. The van der Waals surface area contributed by atoms with Gasteiger partial charge in [0.2, 0.25) is 5.91 Å². The molecule has 0 spiro atoms. The van der Waals surface area contributed by atoms with Crippen molar-refractivity contribution in [1.82, 2.24) is 5.32 Å². The minimum Gasteiger partial charge on any atom is -0.312 e. The first-order valence-electron chi connectivity index (χ1n) is 6.19. The van der Waals surface area contributed by atoms with Gasteiger partial charge in [-0.2, -0.15) is 0 Å². The Balaban J connectivity index is 1.81. The van der Waals surface area contributed by atoms with Gasteiger partial charge in [-0.05, 0) is 37.3 Å². The lowest BCUT2D eigenvalue weighted by atomic mass is 9.83. The van der Waals surface area contributed by atoms with Gasteiger partial charge in [-0.25, -0.2) is 0 Å². The Morgan fingerprint density at radius 1 is 1.29 bits per heavy atom. The second-order valence-electron chi connectivity index (χ2n) is 4.89. The van der Waals surface area contributed by atoms with Crippen molar-refractivity contribution >= 4 is 11.7 Å². The van der Waals surface area contributed by atoms with E-state index in [-0.39, 0.29) is 11.9 Å². The highest BCUT2D eigenvalue weighted by atomic mass is 16.2. The number of aliphatic imine (C=N–C) groups is 1. The number of rotatable bonds is 1. The number of amides is 1. The van der Waals surface area contributed by atoms with Gasteiger partial charge < -0.3 is 5.32 Å². The van der Waals surface area contributed by atoms with Crippen molar-refractivity contribution in [3.05, 3.63) is 35.4 Å². The first-order valence-corrected chi connectivity index (χ1v) is 6.19. The predicted molar refractivity (Wildman–Crippen MR) is 67.0 cm³/mol. The first-order chi connectivity index (χ1) is 8.24. The van der Waals surface area contributed by atoms with E-state index in [2.05, 4.69) is 34.6 Å². The highest BCUT2D eigenvalue weighted by Crippen LogP contribution is 2.26. The topological polar surface area (TPSA) is 41.5 Å². The first kappa shape index (κ1) is 10.5. The number of carbonyl (C=O) groups excluding carboxylic acids is 1. The van der Waals surface area contributed by atoms with E-state index in [1.165, 1.54) is 11.1 Å². The van der Waals surface area contributed by atoms with Crippen LogP contribution >= 0.6 is 0 Å². The van der Waals surface area contributed by atoms with Crippen molar-refractivity contribution in [2.75, 3.05) is 0 Å². The molecule has 0 bridgehead atoms.